The van der Waals surface area contributed by atoms with E-state index in [0.717, 1.165) is 51.6 Å². The Balaban J connectivity index is 2.25. The summed E-state index contributed by atoms with van der Waals surface area (Å²) in [4.78, 5) is 6.72. The fourth-order valence-corrected chi connectivity index (χ4v) is 2.03. The van der Waals surface area contributed by atoms with E-state index in [1.165, 1.54) is 0 Å². The number of hydrogen-bond acceptors (Lipinski definition) is 3. The largest absolute Gasteiger partial charge is 0.391 e. The molecule has 1 fully saturated rings. The van der Waals surface area contributed by atoms with Crippen LogP contribution in [0.1, 0.15) is 33.6 Å². The van der Waals surface area contributed by atoms with Crippen LogP contribution < -0.4 is 5.32 Å². The van der Waals surface area contributed by atoms with Crippen LogP contribution in [-0.4, -0.2) is 61.5 Å². The minimum Gasteiger partial charge on any atom is -0.391 e. The lowest BCUT2D eigenvalue weighted by molar-refractivity contribution is 0.109. The van der Waals surface area contributed by atoms with E-state index in [9.17, 15) is 5.11 Å². The Bertz CT molecular complexity index is 269. The molecule has 0 aromatic rings. The van der Waals surface area contributed by atoms with Gasteiger partial charge in [-0.1, -0.05) is 13.8 Å². The molecule has 0 amide bonds. The fourth-order valence-electron chi connectivity index (χ4n) is 2.03. The van der Waals surface area contributed by atoms with Gasteiger partial charge in [0.25, 0.3) is 0 Å². The van der Waals surface area contributed by atoms with Gasteiger partial charge < -0.3 is 20.1 Å². The number of rotatable bonds is 7. The highest BCUT2D eigenvalue weighted by atomic mass is 16.5. The summed E-state index contributed by atoms with van der Waals surface area (Å²) in [7, 11) is 0. The van der Waals surface area contributed by atoms with E-state index in [-0.39, 0.29) is 6.10 Å². The molecular formula is C14H29N3O2. The molecule has 2 N–H and O–H groups in total. The van der Waals surface area contributed by atoms with Crippen LogP contribution in [0.3, 0.4) is 0 Å². The van der Waals surface area contributed by atoms with Gasteiger partial charge in [-0.3, -0.25) is 4.99 Å². The van der Waals surface area contributed by atoms with Crippen LogP contribution in [-0.2, 0) is 4.74 Å². The van der Waals surface area contributed by atoms with Gasteiger partial charge in [0, 0.05) is 39.4 Å². The van der Waals surface area contributed by atoms with Crippen LogP contribution >= 0.6 is 0 Å². The highest BCUT2D eigenvalue weighted by molar-refractivity contribution is 5.80. The maximum absolute atomic E-state index is 9.57. The summed E-state index contributed by atoms with van der Waals surface area (Å²) in [6.45, 7) is 11.2. The Morgan fingerprint density at radius 3 is 2.89 bits per heavy atom. The molecule has 0 aromatic heterocycles. The molecule has 0 spiro atoms. The van der Waals surface area contributed by atoms with Gasteiger partial charge in [0.05, 0.1) is 6.10 Å². The van der Waals surface area contributed by atoms with Gasteiger partial charge in [0.2, 0.25) is 0 Å². The van der Waals surface area contributed by atoms with Crippen LogP contribution in [0.5, 0.6) is 0 Å². The van der Waals surface area contributed by atoms with E-state index in [1.54, 1.807) is 0 Å². The average molecular weight is 271 g/mol. The normalized spacial score (nSPS) is 20.4. The summed E-state index contributed by atoms with van der Waals surface area (Å²) in [6.07, 6.45) is 1.57. The Labute approximate surface area is 117 Å². The molecule has 0 saturated carbocycles. The third-order valence-electron chi connectivity index (χ3n) is 2.96. The molecule has 0 aliphatic carbocycles. The number of guanidine groups is 1. The smallest absolute Gasteiger partial charge is 0.194 e. The molecule has 1 aliphatic rings. The molecule has 0 radical (unpaired) electrons. The van der Waals surface area contributed by atoms with Gasteiger partial charge in [0.1, 0.15) is 0 Å². The zero-order chi connectivity index (χ0) is 14.1. The monoisotopic (exact) mass is 271 g/mol. The maximum Gasteiger partial charge on any atom is 0.194 e. The molecule has 5 nitrogen and oxygen atoms in total. The van der Waals surface area contributed by atoms with E-state index in [4.69, 9.17) is 4.74 Å². The predicted molar refractivity (Wildman–Crippen MR) is 78.4 cm³/mol. The van der Waals surface area contributed by atoms with E-state index in [0.29, 0.717) is 12.5 Å². The molecule has 1 saturated heterocycles. The number of aliphatic hydroxyl groups is 1. The van der Waals surface area contributed by atoms with Crippen LogP contribution in [0.15, 0.2) is 4.99 Å². The van der Waals surface area contributed by atoms with Gasteiger partial charge in [0.15, 0.2) is 5.96 Å². The zero-order valence-electron chi connectivity index (χ0n) is 12.6. The van der Waals surface area contributed by atoms with E-state index in [2.05, 4.69) is 36.0 Å². The second kappa shape index (κ2) is 9.15. The topological polar surface area (TPSA) is 57.1 Å². The second-order valence-corrected chi connectivity index (χ2v) is 5.45. The van der Waals surface area contributed by atoms with Crippen LogP contribution in [0, 0.1) is 5.92 Å². The molecule has 0 aromatic carbocycles. The van der Waals surface area contributed by atoms with Crippen molar-refractivity contribution in [3.05, 3.63) is 0 Å². The van der Waals surface area contributed by atoms with Crippen molar-refractivity contribution >= 4 is 5.96 Å². The third kappa shape index (κ3) is 6.78. The standard InChI is InChI=1S/C14H29N3O2/c1-4-15-14(17-8-6-13(18)10-17)16-7-5-9-19-11-12(2)3/h12-13,18H,4-11H2,1-3H3,(H,15,16)/t13-/m1/s1. The van der Waals surface area contributed by atoms with Crippen molar-refractivity contribution in [2.75, 3.05) is 39.4 Å². The van der Waals surface area contributed by atoms with Gasteiger partial charge in [-0.25, -0.2) is 0 Å². The van der Waals surface area contributed by atoms with Crippen molar-refractivity contribution in [2.24, 2.45) is 10.9 Å². The number of likely N-dealkylation sites (tertiary alicyclic amines) is 1. The second-order valence-electron chi connectivity index (χ2n) is 5.45. The minimum atomic E-state index is -0.210. The Hall–Kier alpha value is -0.810. The Morgan fingerprint density at radius 1 is 1.53 bits per heavy atom. The number of aliphatic hydroxyl groups excluding tert-OH is 1. The van der Waals surface area contributed by atoms with Crippen molar-refractivity contribution in [1.29, 1.82) is 0 Å². The van der Waals surface area contributed by atoms with Gasteiger partial charge in [-0.05, 0) is 25.7 Å². The number of nitrogens with one attached hydrogen (secondary N) is 1. The maximum atomic E-state index is 9.57. The number of aliphatic imine (C=N–C) groups is 1. The lowest BCUT2D eigenvalue weighted by Gasteiger charge is -2.20. The molecule has 0 unspecified atom stereocenters. The fraction of sp³-hybridized carbons (Fsp3) is 0.929. The summed E-state index contributed by atoms with van der Waals surface area (Å²) in [5, 5.41) is 12.8. The van der Waals surface area contributed by atoms with Gasteiger partial charge >= 0.3 is 0 Å². The molecular weight excluding hydrogens is 242 g/mol. The van der Waals surface area contributed by atoms with Crippen LogP contribution in [0.2, 0.25) is 0 Å². The van der Waals surface area contributed by atoms with Crippen molar-refractivity contribution in [2.45, 2.75) is 39.7 Å². The first-order chi connectivity index (χ1) is 9.13. The number of hydrogen-bond donors (Lipinski definition) is 2. The van der Waals surface area contributed by atoms with Crippen LogP contribution in [0.4, 0.5) is 0 Å². The number of nitrogens with zero attached hydrogens (tertiary/aromatic N) is 2. The van der Waals surface area contributed by atoms with Crippen molar-refractivity contribution in [3.8, 4) is 0 Å². The minimum absolute atomic E-state index is 0.210. The van der Waals surface area contributed by atoms with E-state index in [1.807, 2.05) is 0 Å². The van der Waals surface area contributed by atoms with E-state index < -0.39 is 0 Å². The van der Waals surface area contributed by atoms with Gasteiger partial charge in [-0.15, -0.1) is 0 Å². The third-order valence-corrected chi connectivity index (χ3v) is 2.96. The Morgan fingerprint density at radius 2 is 2.32 bits per heavy atom. The number of β-amino-alcohol motifs (C(OH)–C–C–N with tert-alkyl or cyclic N) is 1. The first kappa shape index (κ1) is 16.2. The summed E-state index contributed by atoms with van der Waals surface area (Å²) in [5.41, 5.74) is 0. The molecule has 5 heteroatoms. The summed E-state index contributed by atoms with van der Waals surface area (Å²) < 4.78 is 5.54. The first-order valence-electron chi connectivity index (χ1n) is 7.42. The highest BCUT2D eigenvalue weighted by Gasteiger charge is 2.22. The lowest BCUT2D eigenvalue weighted by atomic mass is 10.2. The van der Waals surface area contributed by atoms with E-state index >= 15 is 0 Å². The van der Waals surface area contributed by atoms with Crippen LogP contribution in [0.25, 0.3) is 0 Å². The van der Waals surface area contributed by atoms with Crippen molar-refractivity contribution < 1.29 is 9.84 Å². The van der Waals surface area contributed by atoms with Crippen molar-refractivity contribution in [3.63, 3.8) is 0 Å². The molecule has 1 heterocycles. The molecule has 1 atom stereocenters. The molecule has 1 aliphatic heterocycles. The Kier molecular flexibility index (Phi) is 7.82. The molecule has 112 valence electrons. The zero-order valence-corrected chi connectivity index (χ0v) is 12.6. The number of ether oxygens (including phenoxy) is 1. The highest BCUT2D eigenvalue weighted by Crippen LogP contribution is 2.08. The first-order valence-corrected chi connectivity index (χ1v) is 7.42. The average Bonchev–Trinajstić information content (AvgIpc) is 2.78. The predicted octanol–water partition coefficient (Wildman–Crippen LogP) is 1.08. The SMILES string of the molecule is CCNC(=NCCCOCC(C)C)N1CC[C@@H](O)C1. The quantitative estimate of drug-likeness (QED) is 0.413. The molecule has 0 bridgehead atoms. The summed E-state index contributed by atoms with van der Waals surface area (Å²) in [6, 6.07) is 0. The summed E-state index contributed by atoms with van der Waals surface area (Å²) >= 11 is 0. The lowest BCUT2D eigenvalue weighted by Crippen LogP contribution is -2.40. The molecule has 1 rings (SSSR count). The summed E-state index contributed by atoms with van der Waals surface area (Å²) in [5.74, 6) is 1.51. The van der Waals surface area contributed by atoms with Gasteiger partial charge in [-0.2, -0.15) is 0 Å². The van der Waals surface area contributed by atoms with Crippen molar-refractivity contribution in [1.82, 2.24) is 10.2 Å². The molecule has 19 heavy (non-hydrogen) atoms.